The van der Waals surface area contributed by atoms with E-state index in [0.29, 0.717) is 5.92 Å². The maximum absolute atomic E-state index is 12.9. The molecule has 0 amide bonds. The molecule has 1 N–H and O–H groups in total. The highest BCUT2D eigenvalue weighted by Gasteiger charge is 2.12. The van der Waals surface area contributed by atoms with Gasteiger partial charge in [-0.15, -0.1) is 0 Å². The van der Waals surface area contributed by atoms with Crippen LogP contribution in [0.15, 0.2) is 42.6 Å². The van der Waals surface area contributed by atoms with Gasteiger partial charge in [-0.3, -0.25) is 4.98 Å². The Morgan fingerprint density at radius 2 is 1.48 bits per heavy atom. The molecule has 2 aromatic rings. The van der Waals surface area contributed by atoms with Crippen molar-refractivity contribution >= 4 is 0 Å². The van der Waals surface area contributed by atoms with Crippen LogP contribution in [0.4, 0.5) is 4.39 Å². The van der Waals surface area contributed by atoms with E-state index < -0.39 is 0 Å². The summed E-state index contributed by atoms with van der Waals surface area (Å²) in [6.45, 7) is 8.56. The van der Waals surface area contributed by atoms with Crippen molar-refractivity contribution in [3.05, 3.63) is 65.2 Å². The summed E-state index contributed by atoms with van der Waals surface area (Å²) in [5.41, 5.74) is 3.44. The van der Waals surface area contributed by atoms with Crippen LogP contribution in [0.3, 0.4) is 0 Å². The molecule has 0 fully saturated rings. The molecule has 2 rings (SSSR count). The topological polar surface area (TPSA) is 24.9 Å². The zero-order chi connectivity index (χ0) is 15.4. The van der Waals surface area contributed by atoms with Crippen LogP contribution in [0.25, 0.3) is 0 Å². The number of benzene rings is 1. The van der Waals surface area contributed by atoms with E-state index in [1.54, 1.807) is 6.07 Å². The second-order valence-electron chi connectivity index (χ2n) is 5.83. The Hall–Kier alpha value is -1.74. The van der Waals surface area contributed by atoms with Gasteiger partial charge in [-0.25, -0.2) is 4.39 Å². The van der Waals surface area contributed by atoms with Crippen molar-refractivity contribution in [2.45, 2.75) is 45.7 Å². The van der Waals surface area contributed by atoms with Crippen LogP contribution in [0.5, 0.6) is 0 Å². The summed E-state index contributed by atoms with van der Waals surface area (Å²) < 4.78 is 12.9. The Labute approximate surface area is 126 Å². The molecule has 112 valence electrons. The first-order chi connectivity index (χ1) is 9.97. The lowest BCUT2D eigenvalue weighted by Gasteiger charge is -2.20. The summed E-state index contributed by atoms with van der Waals surface area (Å²) in [7, 11) is 0. The van der Waals surface area contributed by atoms with Crippen LogP contribution in [-0.2, 0) is 0 Å². The predicted octanol–water partition coefficient (Wildman–Crippen LogP) is 4.76. The van der Waals surface area contributed by atoms with E-state index in [9.17, 15) is 4.39 Å². The van der Waals surface area contributed by atoms with Gasteiger partial charge in [-0.1, -0.05) is 38.1 Å². The molecule has 3 heteroatoms. The molecule has 0 aliphatic carbocycles. The fraction of sp³-hybridized carbons (Fsp3) is 0.389. The molecule has 1 heterocycles. The van der Waals surface area contributed by atoms with E-state index in [4.69, 9.17) is 0 Å². The molecule has 1 aromatic heterocycles. The molecule has 0 saturated carbocycles. The summed E-state index contributed by atoms with van der Waals surface area (Å²) in [6, 6.07) is 12.1. The van der Waals surface area contributed by atoms with Crippen LogP contribution >= 0.6 is 0 Å². The molecule has 2 unspecified atom stereocenters. The summed E-state index contributed by atoms with van der Waals surface area (Å²) in [6.07, 6.45) is 1.26. The van der Waals surface area contributed by atoms with E-state index in [1.807, 2.05) is 6.92 Å². The highest BCUT2D eigenvalue weighted by molar-refractivity contribution is 5.26. The van der Waals surface area contributed by atoms with Gasteiger partial charge in [0.1, 0.15) is 5.82 Å². The van der Waals surface area contributed by atoms with Crippen molar-refractivity contribution in [2.75, 3.05) is 0 Å². The van der Waals surface area contributed by atoms with Gasteiger partial charge >= 0.3 is 0 Å². The Balaban J connectivity index is 2.03. The third kappa shape index (κ3) is 4.11. The lowest BCUT2D eigenvalue weighted by Crippen LogP contribution is -2.23. The minimum atomic E-state index is -0.303. The smallest absolute Gasteiger partial charge is 0.141 e. The molecule has 0 aliphatic rings. The minimum absolute atomic E-state index is 0.0744. The standard InChI is InChI=1S/C18H23FN2/c1-12(2)15-5-7-16(8-6-15)13(3)21-14(4)18-10-9-17(19)11-20-18/h5-14,21H,1-4H3. The molecule has 21 heavy (non-hydrogen) atoms. The van der Waals surface area contributed by atoms with Crippen LogP contribution in [0.2, 0.25) is 0 Å². The van der Waals surface area contributed by atoms with E-state index in [1.165, 1.54) is 23.4 Å². The SMILES string of the molecule is CC(C)c1ccc(C(C)NC(C)c2ccc(F)cn2)cc1. The molecule has 0 saturated heterocycles. The molecule has 0 bridgehead atoms. The van der Waals surface area contributed by atoms with E-state index >= 15 is 0 Å². The normalized spacial score (nSPS) is 14.2. The van der Waals surface area contributed by atoms with Crippen molar-refractivity contribution in [1.82, 2.24) is 10.3 Å². The fourth-order valence-electron chi connectivity index (χ4n) is 2.37. The predicted molar refractivity (Wildman–Crippen MR) is 84.7 cm³/mol. The lowest BCUT2D eigenvalue weighted by molar-refractivity contribution is 0.484. The zero-order valence-corrected chi connectivity index (χ0v) is 13.1. The van der Waals surface area contributed by atoms with E-state index in [0.717, 1.165) is 5.69 Å². The van der Waals surface area contributed by atoms with Gasteiger partial charge in [0.05, 0.1) is 11.9 Å². The largest absolute Gasteiger partial charge is 0.302 e. The van der Waals surface area contributed by atoms with Gasteiger partial charge in [-0.05, 0) is 43.0 Å². The number of hydrogen-bond donors (Lipinski definition) is 1. The Kier molecular flexibility index (Phi) is 5.07. The van der Waals surface area contributed by atoms with Crippen LogP contribution < -0.4 is 5.32 Å². The van der Waals surface area contributed by atoms with Crippen molar-refractivity contribution in [2.24, 2.45) is 0 Å². The van der Waals surface area contributed by atoms with Crippen molar-refractivity contribution in [3.63, 3.8) is 0 Å². The second kappa shape index (κ2) is 6.81. The zero-order valence-electron chi connectivity index (χ0n) is 13.1. The fourth-order valence-corrected chi connectivity index (χ4v) is 2.37. The van der Waals surface area contributed by atoms with Crippen LogP contribution in [-0.4, -0.2) is 4.98 Å². The molecule has 0 aliphatic heterocycles. The van der Waals surface area contributed by atoms with E-state index in [2.05, 4.69) is 55.3 Å². The Morgan fingerprint density at radius 3 is 2.00 bits per heavy atom. The Bertz CT molecular complexity index is 561. The number of rotatable bonds is 5. The number of hydrogen-bond acceptors (Lipinski definition) is 2. The summed E-state index contributed by atoms with van der Waals surface area (Å²) in [5.74, 6) is 0.243. The van der Waals surface area contributed by atoms with E-state index in [-0.39, 0.29) is 17.9 Å². The number of nitrogens with one attached hydrogen (secondary N) is 1. The average Bonchev–Trinajstić information content (AvgIpc) is 2.47. The highest BCUT2D eigenvalue weighted by Crippen LogP contribution is 2.21. The third-order valence-electron chi connectivity index (χ3n) is 3.80. The number of pyridine rings is 1. The van der Waals surface area contributed by atoms with Gasteiger partial charge in [0, 0.05) is 12.1 Å². The second-order valence-corrected chi connectivity index (χ2v) is 5.83. The first-order valence-electron chi connectivity index (χ1n) is 7.44. The summed E-state index contributed by atoms with van der Waals surface area (Å²) in [5, 5.41) is 3.50. The minimum Gasteiger partial charge on any atom is -0.302 e. The average molecular weight is 286 g/mol. The van der Waals surface area contributed by atoms with Gasteiger partial charge in [-0.2, -0.15) is 0 Å². The van der Waals surface area contributed by atoms with Crippen molar-refractivity contribution in [1.29, 1.82) is 0 Å². The molecular weight excluding hydrogens is 263 g/mol. The molecule has 2 atom stereocenters. The molecule has 2 nitrogen and oxygen atoms in total. The molecule has 0 radical (unpaired) electrons. The maximum atomic E-state index is 12.9. The van der Waals surface area contributed by atoms with Gasteiger partial charge in [0.25, 0.3) is 0 Å². The van der Waals surface area contributed by atoms with Gasteiger partial charge < -0.3 is 5.32 Å². The van der Waals surface area contributed by atoms with Crippen molar-refractivity contribution < 1.29 is 4.39 Å². The highest BCUT2D eigenvalue weighted by atomic mass is 19.1. The monoisotopic (exact) mass is 286 g/mol. The maximum Gasteiger partial charge on any atom is 0.141 e. The summed E-state index contributed by atoms with van der Waals surface area (Å²) in [4.78, 5) is 4.12. The van der Waals surface area contributed by atoms with Gasteiger partial charge in [0.15, 0.2) is 0 Å². The number of halogens is 1. The first kappa shape index (κ1) is 15.6. The van der Waals surface area contributed by atoms with Crippen molar-refractivity contribution in [3.8, 4) is 0 Å². The molecular formula is C18H23FN2. The quantitative estimate of drug-likeness (QED) is 0.857. The number of aromatic nitrogens is 1. The number of nitrogens with zero attached hydrogens (tertiary/aromatic N) is 1. The third-order valence-corrected chi connectivity index (χ3v) is 3.80. The van der Waals surface area contributed by atoms with Crippen LogP contribution in [0.1, 0.15) is 62.5 Å². The van der Waals surface area contributed by atoms with Crippen LogP contribution in [0, 0.1) is 5.82 Å². The molecule has 0 spiro atoms. The first-order valence-corrected chi connectivity index (χ1v) is 7.44. The van der Waals surface area contributed by atoms with Gasteiger partial charge in [0.2, 0.25) is 0 Å². The summed E-state index contributed by atoms with van der Waals surface area (Å²) >= 11 is 0. The Morgan fingerprint density at radius 1 is 0.857 bits per heavy atom. The molecule has 1 aromatic carbocycles. The lowest BCUT2D eigenvalue weighted by atomic mass is 9.99.